The van der Waals surface area contributed by atoms with E-state index in [1.54, 1.807) is 4.57 Å². The van der Waals surface area contributed by atoms with Crippen LogP contribution in [0.1, 0.15) is 12.6 Å². The lowest BCUT2D eigenvalue weighted by atomic mass is 10.2. The minimum absolute atomic E-state index is 0.0176. The largest absolute Gasteiger partial charge is 0.394 e. The molecule has 0 bridgehead atoms. The first kappa shape index (κ1) is 12.5. The fourth-order valence-electron chi connectivity index (χ4n) is 2.17. The van der Waals surface area contributed by atoms with Gasteiger partial charge in [0.1, 0.15) is 17.8 Å². The molecule has 0 amide bonds. The standard InChI is InChI=1S/C10H12ClN5O3/c11-10-14-8(12)7-9(15-10)16(3-13-7)6-1-4(18)5(2-17)19-6/h3-6,17-18H,1-2H2,(H2,12,14,15)/t4-,5+,6+/m1/s1/i10+1,14+1,15+1. The molecular weight excluding hydrogens is 277 g/mol. The Morgan fingerprint density at radius 2 is 2.32 bits per heavy atom. The average Bonchev–Trinajstić information content (AvgIpc) is 2.92. The number of nitrogens with zero attached hydrogens (tertiary/aromatic N) is 4. The fourth-order valence-corrected chi connectivity index (χ4v) is 2.34. The molecule has 0 saturated carbocycles. The van der Waals surface area contributed by atoms with E-state index in [0.29, 0.717) is 17.6 Å². The van der Waals surface area contributed by atoms with Crippen LogP contribution >= 0.6 is 11.6 Å². The number of ether oxygens (including phenoxy) is 1. The Labute approximate surface area is 112 Å². The third kappa shape index (κ3) is 2.02. The summed E-state index contributed by atoms with van der Waals surface area (Å²) in [6, 6.07) is 0. The van der Waals surface area contributed by atoms with Gasteiger partial charge in [0.2, 0.25) is 5.28 Å². The van der Waals surface area contributed by atoms with E-state index in [1.165, 1.54) is 6.33 Å². The van der Waals surface area contributed by atoms with Gasteiger partial charge in [-0.15, -0.1) is 0 Å². The van der Waals surface area contributed by atoms with Crippen LogP contribution in [0.25, 0.3) is 11.2 Å². The number of nitrogens with two attached hydrogens (primary N) is 1. The third-order valence-electron chi connectivity index (χ3n) is 3.12. The molecule has 1 fully saturated rings. The second-order valence-corrected chi connectivity index (χ2v) is 4.65. The number of halogens is 1. The molecule has 2 aromatic heterocycles. The van der Waals surface area contributed by atoms with Gasteiger partial charge in [-0.3, -0.25) is 4.57 Å². The van der Waals surface area contributed by atoms with Crippen LogP contribution in [0, 0.1) is 0 Å². The van der Waals surface area contributed by atoms with Gasteiger partial charge in [-0.05, 0) is 11.6 Å². The molecule has 8 nitrogen and oxygen atoms in total. The van der Waals surface area contributed by atoms with E-state index >= 15 is 0 Å². The number of hydrogen-bond acceptors (Lipinski definition) is 7. The maximum Gasteiger partial charge on any atom is 0.226 e. The van der Waals surface area contributed by atoms with E-state index in [4.69, 9.17) is 27.2 Å². The molecule has 0 unspecified atom stereocenters. The highest BCUT2D eigenvalue weighted by Crippen LogP contribution is 2.31. The highest BCUT2D eigenvalue weighted by atomic mass is 35.5. The lowest BCUT2D eigenvalue weighted by molar-refractivity contribution is -0.0432. The number of anilines is 1. The maximum atomic E-state index is 9.74. The number of aromatic nitrogens is 4. The summed E-state index contributed by atoms with van der Waals surface area (Å²) in [7, 11) is 0. The Bertz CT molecular complexity index is 618. The molecular formula is C10H12ClN5O3. The zero-order chi connectivity index (χ0) is 13.6. The van der Waals surface area contributed by atoms with Crippen molar-refractivity contribution in [2.24, 2.45) is 0 Å². The zero-order valence-corrected chi connectivity index (χ0v) is 10.5. The Morgan fingerprint density at radius 1 is 1.53 bits per heavy atom. The minimum Gasteiger partial charge on any atom is -0.394 e. The Morgan fingerprint density at radius 3 is 3.00 bits per heavy atom. The van der Waals surface area contributed by atoms with Gasteiger partial charge in [0.05, 0.1) is 19.0 Å². The van der Waals surface area contributed by atoms with Crippen molar-refractivity contribution in [3.05, 3.63) is 11.6 Å². The first-order valence-electron chi connectivity index (χ1n) is 5.70. The van der Waals surface area contributed by atoms with Crippen LogP contribution in [0.15, 0.2) is 6.33 Å². The van der Waals surface area contributed by atoms with Crippen molar-refractivity contribution < 1.29 is 14.9 Å². The van der Waals surface area contributed by atoms with Gasteiger partial charge < -0.3 is 20.7 Å². The first-order valence-corrected chi connectivity index (χ1v) is 6.08. The van der Waals surface area contributed by atoms with E-state index < -0.39 is 18.4 Å². The normalized spacial score (nSPS) is 27.2. The second kappa shape index (κ2) is 4.57. The maximum absolute atomic E-state index is 9.74. The van der Waals surface area contributed by atoms with Crippen LogP contribution in [0.5, 0.6) is 0 Å². The summed E-state index contributed by atoms with van der Waals surface area (Å²) in [6.07, 6.45) is 0.0169. The number of fused-ring (bicyclic) bond motifs is 1. The molecule has 2 aromatic rings. The summed E-state index contributed by atoms with van der Waals surface area (Å²) in [4.78, 5) is 12.0. The van der Waals surface area contributed by atoms with Gasteiger partial charge >= 0.3 is 0 Å². The first-order chi connectivity index (χ1) is 9.10. The summed E-state index contributed by atoms with van der Waals surface area (Å²) in [5.74, 6) is 0.186. The van der Waals surface area contributed by atoms with E-state index in [2.05, 4.69) is 15.0 Å². The molecule has 1 aliphatic heterocycles. The lowest BCUT2D eigenvalue weighted by Crippen LogP contribution is -2.24. The Balaban J connectivity index is 2.02. The van der Waals surface area contributed by atoms with Crippen molar-refractivity contribution >= 4 is 28.6 Å². The molecule has 19 heavy (non-hydrogen) atoms. The van der Waals surface area contributed by atoms with Crippen LogP contribution in [0.2, 0.25) is 5.28 Å². The highest BCUT2D eigenvalue weighted by Gasteiger charge is 2.35. The van der Waals surface area contributed by atoms with Crippen molar-refractivity contribution in [3.8, 4) is 0 Å². The second-order valence-electron chi connectivity index (χ2n) is 4.32. The molecule has 3 atom stereocenters. The van der Waals surface area contributed by atoms with Crippen LogP contribution in [0.3, 0.4) is 0 Å². The van der Waals surface area contributed by atoms with Crippen LogP contribution < -0.4 is 5.73 Å². The van der Waals surface area contributed by atoms with Gasteiger partial charge in [0.15, 0.2) is 11.5 Å². The van der Waals surface area contributed by atoms with Crippen molar-refractivity contribution in [2.45, 2.75) is 24.9 Å². The number of aliphatic hydroxyl groups is 2. The van der Waals surface area contributed by atoms with E-state index in [0.717, 1.165) is 0 Å². The topological polar surface area (TPSA) is 119 Å². The number of nitrogen functional groups attached to an aromatic ring is 1. The average molecular weight is 289 g/mol. The summed E-state index contributed by atoms with van der Waals surface area (Å²) in [5.41, 5.74) is 6.57. The van der Waals surface area contributed by atoms with Crippen molar-refractivity contribution in [2.75, 3.05) is 12.3 Å². The van der Waals surface area contributed by atoms with Gasteiger partial charge in [0, 0.05) is 6.42 Å². The third-order valence-corrected chi connectivity index (χ3v) is 3.28. The summed E-state index contributed by atoms with van der Waals surface area (Å²) < 4.78 is 7.16. The Hall–Kier alpha value is -1.48. The number of imidazole rings is 1. The number of aliphatic hydroxyl groups excluding tert-OH is 2. The summed E-state index contributed by atoms with van der Waals surface area (Å²) >= 11 is 5.77. The van der Waals surface area contributed by atoms with Gasteiger partial charge in [-0.2, -0.15) is 9.97 Å². The summed E-state index contributed by atoms with van der Waals surface area (Å²) in [6.45, 7) is -0.248. The molecule has 102 valence electrons. The van der Waals surface area contributed by atoms with Crippen LogP contribution in [-0.4, -0.2) is 48.5 Å². The molecule has 0 spiro atoms. The van der Waals surface area contributed by atoms with Crippen molar-refractivity contribution in [1.82, 2.24) is 19.5 Å². The molecule has 0 aliphatic carbocycles. The van der Waals surface area contributed by atoms with E-state index in [9.17, 15) is 5.11 Å². The lowest BCUT2D eigenvalue weighted by Gasteiger charge is -2.13. The monoisotopic (exact) mass is 288 g/mol. The van der Waals surface area contributed by atoms with E-state index in [1.807, 2.05) is 0 Å². The molecule has 1 aliphatic rings. The molecule has 1 saturated heterocycles. The molecule has 3 rings (SSSR count). The zero-order valence-electron chi connectivity index (χ0n) is 9.77. The minimum atomic E-state index is -0.734. The van der Waals surface area contributed by atoms with Crippen LogP contribution in [-0.2, 0) is 4.74 Å². The molecule has 9 heteroatoms. The smallest absolute Gasteiger partial charge is 0.226 e. The molecule has 3 heterocycles. The number of hydrogen-bond donors (Lipinski definition) is 3. The molecule has 0 radical (unpaired) electrons. The predicted octanol–water partition coefficient (Wildman–Crippen LogP) is -0.297. The number of rotatable bonds is 2. The van der Waals surface area contributed by atoms with E-state index in [-0.39, 0.29) is 17.7 Å². The Kier molecular flexibility index (Phi) is 3.02. The summed E-state index contributed by atoms with van der Waals surface area (Å²) in [5, 5.41) is 18.8. The van der Waals surface area contributed by atoms with Crippen molar-refractivity contribution in [3.63, 3.8) is 0 Å². The predicted molar refractivity (Wildman–Crippen MR) is 66.4 cm³/mol. The van der Waals surface area contributed by atoms with Gasteiger partial charge in [-0.25, -0.2) is 4.98 Å². The van der Waals surface area contributed by atoms with Crippen molar-refractivity contribution in [1.29, 1.82) is 0 Å². The van der Waals surface area contributed by atoms with Crippen LogP contribution in [0.4, 0.5) is 5.82 Å². The fraction of sp³-hybridized carbons (Fsp3) is 0.500. The highest BCUT2D eigenvalue weighted by molar-refractivity contribution is 6.28. The molecule has 0 aromatic carbocycles. The van der Waals surface area contributed by atoms with Gasteiger partial charge in [-0.1, -0.05) is 0 Å². The molecule has 4 N–H and O–H groups in total. The quantitative estimate of drug-likeness (QED) is 0.649. The van der Waals surface area contributed by atoms with Gasteiger partial charge in [0.25, 0.3) is 0 Å². The SMILES string of the molecule is Nc1[15n][13c](Cl)[15n]c2c1ncn2[C@@H]1C[C@@H](O)[C@H](CO)O1.